The van der Waals surface area contributed by atoms with Gasteiger partial charge in [-0.2, -0.15) is 13.2 Å². The molecule has 0 rings (SSSR count). The molecule has 0 aliphatic rings. The molecule has 4 heteroatoms. The zero-order chi connectivity index (χ0) is 8.36. The summed E-state index contributed by atoms with van der Waals surface area (Å²) in [6.07, 6.45) is -3.26. The van der Waals surface area contributed by atoms with Crippen molar-refractivity contribution in [1.29, 1.82) is 0 Å². The smallest absolute Gasteiger partial charge is 0.167 e. The fourth-order valence-electron chi connectivity index (χ4n) is 0.439. The van der Waals surface area contributed by atoms with Crippen LogP contribution in [0.15, 0.2) is 11.6 Å². The van der Waals surface area contributed by atoms with Crippen molar-refractivity contribution < 1.29 is 13.2 Å². The lowest BCUT2D eigenvalue weighted by atomic mass is 10.2. The van der Waals surface area contributed by atoms with Gasteiger partial charge in [0.25, 0.3) is 0 Å². The molecule has 0 N–H and O–H groups in total. The quantitative estimate of drug-likeness (QED) is 0.421. The van der Waals surface area contributed by atoms with Crippen molar-refractivity contribution in [2.75, 3.05) is 0 Å². The van der Waals surface area contributed by atoms with Gasteiger partial charge in [0.05, 0.1) is 0 Å². The van der Waals surface area contributed by atoms with Crippen LogP contribution in [0.4, 0.5) is 13.2 Å². The van der Waals surface area contributed by atoms with E-state index in [0.717, 1.165) is 13.0 Å². The Balaban J connectivity index is 4.20. The van der Waals surface area contributed by atoms with Gasteiger partial charge in [-0.05, 0) is 13.8 Å². The first kappa shape index (κ1) is 9.82. The molecule has 0 amide bonds. The lowest BCUT2D eigenvalue weighted by Crippen LogP contribution is -2.10. The van der Waals surface area contributed by atoms with Gasteiger partial charge in [-0.1, -0.05) is 6.08 Å². The average molecular weight is 173 g/mol. The van der Waals surface area contributed by atoms with Crippen LogP contribution in [0.2, 0.25) is 0 Å². The second-order valence-corrected chi connectivity index (χ2v) is 2.71. The first-order valence-corrected chi connectivity index (χ1v) is 3.17. The first-order chi connectivity index (χ1) is 4.34. The van der Waals surface area contributed by atoms with E-state index >= 15 is 0 Å². The second kappa shape index (κ2) is 3.28. The summed E-state index contributed by atoms with van der Waals surface area (Å²) in [5.74, 6) is 0. The van der Waals surface area contributed by atoms with E-state index in [9.17, 15) is 13.2 Å². The van der Waals surface area contributed by atoms with Gasteiger partial charge < -0.3 is 0 Å². The normalized spacial score (nSPS) is 17.2. The van der Waals surface area contributed by atoms with Gasteiger partial charge in [0.1, 0.15) is 0 Å². The minimum absolute atomic E-state index is 0.568. The van der Waals surface area contributed by atoms with Crippen molar-refractivity contribution in [3.8, 4) is 0 Å². The van der Waals surface area contributed by atoms with E-state index in [1.807, 2.05) is 0 Å². The average Bonchev–Trinajstić information content (AvgIpc) is 1.60. The monoisotopic (exact) mass is 172 g/mol. The molecule has 0 nitrogen and oxygen atoms in total. The Hall–Kier alpha value is -0.180. The van der Waals surface area contributed by atoms with E-state index in [2.05, 4.69) is 0 Å². The highest BCUT2D eigenvalue weighted by Crippen LogP contribution is 2.25. The van der Waals surface area contributed by atoms with Crippen LogP contribution in [0.25, 0.3) is 0 Å². The van der Waals surface area contributed by atoms with Gasteiger partial charge in [0, 0.05) is 11.0 Å². The van der Waals surface area contributed by atoms with Crippen molar-refractivity contribution in [2.45, 2.75) is 25.4 Å². The molecule has 0 spiro atoms. The standard InChI is InChI=1S/C6H8ClF3/c1-4(3-5(2)7)6(8,9)10/h3,5H,1-2H3/b4-3+. The Kier molecular flexibility index (Phi) is 3.22. The molecule has 0 aliphatic heterocycles. The number of hydrogen-bond donors (Lipinski definition) is 0. The molecular formula is C6H8ClF3. The van der Waals surface area contributed by atoms with Crippen LogP contribution in [-0.2, 0) is 0 Å². The van der Waals surface area contributed by atoms with E-state index in [1.54, 1.807) is 0 Å². The highest BCUT2D eigenvalue weighted by atomic mass is 35.5. The van der Waals surface area contributed by atoms with Crippen molar-refractivity contribution in [3.05, 3.63) is 11.6 Å². The Morgan fingerprint density at radius 2 is 1.90 bits per heavy atom. The topological polar surface area (TPSA) is 0 Å². The van der Waals surface area contributed by atoms with Gasteiger partial charge in [-0.3, -0.25) is 0 Å². The van der Waals surface area contributed by atoms with Crippen LogP contribution in [-0.4, -0.2) is 11.6 Å². The Morgan fingerprint density at radius 1 is 1.50 bits per heavy atom. The molecule has 0 saturated carbocycles. The summed E-state index contributed by atoms with van der Waals surface area (Å²) < 4.78 is 35.0. The predicted molar refractivity (Wildman–Crippen MR) is 35.1 cm³/mol. The van der Waals surface area contributed by atoms with Crippen LogP contribution in [0, 0.1) is 0 Å². The summed E-state index contributed by atoms with van der Waals surface area (Å²) in [5.41, 5.74) is -0.644. The van der Waals surface area contributed by atoms with E-state index in [1.165, 1.54) is 6.92 Å². The zero-order valence-corrected chi connectivity index (χ0v) is 6.42. The van der Waals surface area contributed by atoms with Crippen LogP contribution >= 0.6 is 11.6 Å². The van der Waals surface area contributed by atoms with E-state index in [0.29, 0.717) is 0 Å². The van der Waals surface area contributed by atoms with Gasteiger partial charge in [-0.25, -0.2) is 0 Å². The van der Waals surface area contributed by atoms with Crippen LogP contribution in [0.5, 0.6) is 0 Å². The summed E-state index contributed by atoms with van der Waals surface area (Å²) >= 11 is 5.30. The fraction of sp³-hybridized carbons (Fsp3) is 0.667. The summed E-state index contributed by atoms with van der Waals surface area (Å²) in [6.45, 7) is 2.48. The zero-order valence-electron chi connectivity index (χ0n) is 5.67. The third-order valence-corrected chi connectivity index (χ3v) is 1.05. The van der Waals surface area contributed by atoms with E-state index in [4.69, 9.17) is 11.6 Å². The largest absolute Gasteiger partial charge is 0.412 e. The van der Waals surface area contributed by atoms with Gasteiger partial charge in [-0.15, -0.1) is 11.6 Å². The molecule has 0 bridgehead atoms. The highest BCUT2D eigenvalue weighted by molar-refractivity contribution is 6.21. The molecule has 0 fully saturated rings. The third-order valence-electron chi connectivity index (χ3n) is 0.927. The summed E-state index contributed by atoms with van der Waals surface area (Å²) in [6, 6.07) is 0. The molecule has 0 aromatic heterocycles. The van der Waals surface area contributed by atoms with Crippen molar-refractivity contribution >= 4 is 11.6 Å². The molecule has 60 valence electrons. The first-order valence-electron chi connectivity index (χ1n) is 2.73. The Labute approximate surface area is 62.7 Å². The maximum Gasteiger partial charge on any atom is 0.412 e. The van der Waals surface area contributed by atoms with Gasteiger partial charge in [0.15, 0.2) is 0 Å². The van der Waals surface area contributed by atoms with Crippen LogP contribution in [0.1, 0.15) is 13.8 Å². The summed E-state index contributed by atoms with van der Waals surface area (Å²) in [4.78, 5) is 0. The van der Waals surface area contributed by atoms with Crippen LogP contribution < -0.4 is 0 Å². The number of allylic oxidation sites excluding steroid dienone is 2. The fourth-order valence-corrected chi connectivity index (χ4v) is 0.628. The number of halogens is 4. The predicted octanol–water partition coefficient (Wildman–Crippen LogP) is 3.12. The van der Waals surface area contributed by atoms with E-state index < -0.39 is 17.1 Å². The van der Waals surface area contributed by atoms with Gasteiger partial charge >= 0.3 is 6.18 Å². The summed E-state index contributed by atoms with van der Waals surface area (Å²) in [5, 5.41) is -0.568. The SMILES string of the molecule is C/C(=C\C(C)Cl)C(F)(F)F. The highest BCUT2D eigenvalue weighted by Gasteiger charge is 2.29. The molecule has 1 atom stereocenters. The molecular weight excluding hydrogens is 165 g/mol. The molecule has 0 aromatic carbocycles. The van der Waals surface area contributed by atoms with Crippen LogP contribution in [0.3, 0.4) is 0 Å². The van der Waals surface area contributed by atoms with Gasteiger partial charge in [0.2, 0.25) is 0 Å². The maximum absolute atomic E-state index is 11.7. The molecule has 0 saturated heterocycles. The van der Waals surface area contributed by atoms with Crippen molar-refractivity contribution in [3.63, 3.8) is 0 Å². The summed E-state index contributed by atoms with van der Waals surface area (Å²) in [7, 11) is 0. The molecule has 0 aromatic rings. The molecule has 0 heterocycles. The van der Waals surface area contributed by atoms with Crippen molar-refractivity contribution in [2.24, 2.45) is 0 Å². The lowest BCUT2D eigenvalue weighted by molar-refractivity contribution is -0.0915. The second-order valence-electron chi connectivity index (χ2n) is 2.02. The number of hydrogen-bond acceptors (Lipinski definition) is 0. The number of alkyl halides is 4. The molecule has 0 aliphatic carbocycles. The van der Waals surface area contributed by atoms with Crippen molar-refractivity contribution in [1.82, 2.24) is 0 Å². The maximum atomic E-state index is 11.7. The Bertz CT molecular complexity index is 134. The minimum atomic E-state index is -4.23. The molecule has 0 radical (unpaired) electrons. The Morgan fingerprint density at radius 3 is 2.00 bits per heavy atom. The molecule has 10 heavy (non-hydrogen) atoms. The molecule has 1 unspecified atom stereocenters. The number of rotatable bonds is 1. The van der Waals surface area contributed by atoms with E-state index in [-0.39, 0.29) is 0 Å². The minimum Gasteiger partial charge on any atom is -0.167 e. The third kappa shape index (κ3) is 3.77. The lowest BCUT2D eigenvalue weighted by Gasteiger charge is -2.06.